The van der Waals surface area contributed by atoms with Crippen molar-refractivity contribution in [3.63, 3.8) is 0 Å². The highest BCUT2D eigenvalue weighted by Crippen LogP contribution is 2.28. The lowest BCUT2D eigenvalue weighted by molar-refractivity contribution is -0.00593. The van der Waals surface area contributed by atoms with E-state index in [-0.39, 0.29) is 0 Å². The van der Waals surface area contributed by atoms with E-state index < -0.39 is 0 Å². The van der Waals surface area contributed by atoms with Crippen LogP contribution in [0.4, 0.5) is 0 Å². The topological polar surface area (TPSA) is 21.8 Å². The molecule has 2 unspecified atom stereocenters. The molecule has 4 nitrogen and oxygen atoms in total. The van der Waals surface area contributed by atoms with Gasteiger partial charge in [-0.3, -0.25) is 14.7 Å². The summed E-state index contributed by atoms with van der Waals surface area (Å²) in [6.07, 6.45) is 2.66. The van der Waals surface area contributed by atoms with Gasteiger partial charge in [0, 0.05) is 62.4 Å². The molecule has 0 aromatic heterocycles. The van der Waals surface area contributed by atoms with Crippen molar-refractivity contribution >= 4 is 0 Å². The van der Waals surface area contributed by atoms with Crippen molar-refractivity contribution < 1.29 is 0 Å². The molecular formula is C19H40N4. The molecule has 0 saturated carbocycles. The molecule has 4 atom stereocenters. The predicted octanol–water partition coefficient (Wildman–Crippen LogP) is 2.25. The van der Waals surface area contributed by atoms with Crippen molar-refractivity contribution in [1.82, 2.24) is 20.0 Å². The van der Waals surface area contributed by atoms with E-state index in [1.54, 1.807) is 0 Å². The summed E-state index contributed by atoms with van der Waals surface area (Å²) >= 11 is 0. The van der Waals surface area contributed by atoms with E-state index in [1.165, 1.54) is 45.6 Å². The van der Waals surface area contributed by atoms with Crippen molar-refractivity contribution in [3.8, 4) is 0 Å². The van der Waals surface area contributed by atoms with Crippen LogP contribution >= 0.6 is 0 Å². The molecule has 0 radical (unpaired) electrons. The van der Waals surface area contributed by atoms with Crippen molar-refractivity contribution in [2.24, 2.45) is 0 Å². The van der Waals surface area contributed by atoms with Gasteiger partial charge in [-0.15, -0.1) is 0 Å². The smallest absolute Gasteiger partial charge is 0.0163 e. The fourth-order valence-electron chi connectivity index (χ4n) is 4.41. The molecule has 0 bridgehead atoms. The molecule has 2 aliphatic heterocycles. The molecule has 23 heavy (non-hydrogen) atoms. The van der Waals surface area contributed by atoms with E-state index in [2.05, 4.69) is 68.6 Å². The molecule has 136 valence electrons. The Morgan fingerprint density at radius 2 is 1.52 bits per heavy atom. The zero-order chi connectivity index (χ0) is 17.2. The number of piperazine rings is 1. The molecule has 2 fully saturated rings. The summed E-state index contributed by atoms with van der Waals surface area (Å²) in [5, 5.41) is 3.39. The molecule has 2 aliphatic rings. The molecule has 0 spiro atoms. The Labute approximate surface area is 144 Å². The second-order valence-electron chi connectivity index (χ2n) is 8.90. The average molecular weight is 325 g/mol. The third-order valence-corrected chi connectivity index (χ3v) is 6.12. The summed E-state index contributed by atoms with van der Waals surface area (Å²) in [6.45, 7) is 20.3. The largest absolute Gasteiger partial charge is 0.316 e. The highest BCUT2D eigenvalue weighted by molar-refractivity contribution is 4.92. The second-order valence-corrected chi connectivity index (χ2v) is 8.90. The molecule has 2 saturated heterocycles. The van der Waals surface area contributed by atoms with Crippen LogP contribution in [0.5, 0.6) is 0 Å². The van der Waals surface area contributed by atoms with Gasteiger partial charge < -0.3 is 5.32 Å². The van der Waals surface area contributed by atoms with Crippen LogP contribution in [0.1, 0.15) is 54.4 Å². The van der Waals surface area contributed by atoms with E-state index >= 15 is 0 Å². The fourth-order valence-corrected chi connectivity index (χ4v) is 4.41. The number of likely N-dealkylation sites (tertiary alicyclic amines) is 1. The first-order valence-electron chi connectivity index (χ1n) is 9.64. The highest BCUT2D eigenvalue weighted by atomic mass is 15.3. The minimum absolute atomic E-state index is 0.319. The molecule has 0 amide bonds. The molecule has 0 aromatic rings. The lowest BCUT2D eigenvalue weighted by Gasteiger charge is -2.50. The van der Waals surface area contributed by atoms with Gasteiger partial charge in [0.2, 0.25) is 0 Å². The zero-order valence-corrected chi connectivity index (χ0v) is 16.6. The van der Waals surface area contributed by atoms with Crippen molar-refractivity contribution in [2.45, 2.75) is 84.1 Å². The predicted molar refractivity (Wildman–Crippen MR) is 100 cm³/mol. The molecule has 2 heterocycles. The maximum Gasteiger partial charge on any atom is 0.0163 e. The zero-order valence-electron chi connectivity index (χ0n) is 16.6. The van der Waals surface area contributed by atoms with Crippen LogP contribution in [0.15, 0.2) is 0 Å². The average Bonchev–Trinajstić information content (AvgIpc) is 2.49. The Bertz CT molecular complexity index is 345. The van der Waals surface area contributed by atoms with Crippen LogP contribution in [0, 0.1) is 0 Å². The first-order chi connectivity index (χ1) is 10.7. The minimum Gasteiger partial charge on any atom is -0.316 e. The Hall–Kier alpha value is -0.160. The summed E-state index contributed by atoms with van der Waals surface area (Å²) in [4.78, 5) is 8.12. The number of nitrogens with one attached hydrogen (secondary N) is 1. The molecule has 1 N–H and O–H groups in total. The molecule has 0 aliphatic carbocycles. The first-order valence-corrected chi connectivity index (χ1v) is 9.64. The standard InChI is InChI=1S/C19H40N4/c1-15(20-7)14-23-16(2)12-18(13-17(23)3)21-8-10-22(11-9-21)19(4,5)6/h15-18,20H,8-14H2,1-7H3/t15?,16-,17+,18?. The third kappa shape index (κ3) is 4.91. The monoisotopic (exact) mass is 324 g/mol. The van der Waals surface area contributed by atoms with Gasteiger partial charge in [0.25, 0.3) is 0 Å². The number of hydrogen-bond acceptors (Lipinski definition) is 4. The summed E-state index contributed by atoms with van der Waals surface area (Å²) in [5.74, 6) is 0. The lowest BCUT2D eigenvalue weighted by atomic mass is 9.90. The van der Waals surface area contributed by atoms with E-state index in [0.717, 1.165) is 6.04 Å². The first kappa shape index (κ1) is 19.2. The second kappa shape index (κ2) is 7.81. The van der Waals surface area contributed by atoms with E-state index in [1.807, 2.05) is 0 Å². The number of rotatable bonds is 4. The van der Waals surface area contributed by atoms with Crippen LogP contribution in [0.2, 0.25) is 0 Å². The minimum atomic E-state index is 0.319. The molecular weight excluding hydrogens is 284 g/mol. The summed E-state index contributed by atoms with van der Waals surface area (Å²) in [6, 6.07) is 2.75. The van der Waals surface area contributed by atoms with Gasteiger partial charge in [0.05, 0.1) is 0 Å². The Morgan fingerprint density at radius 1 is 1.00 bits per heavy atom. The highest BCUT2D eigenvalue weighted by Gasteiger charge is 2.36. The number of hydrogen-bond donors (Lipinski definition) is 1. The maximum atomic E-state index is 3.39. The van der Waals surface area contributed by atoms with Gasteiger partial charge in [-0.2, -0.15) is 0 Å². The Balaban J connectivity index is 1.87. The van der Waals surface area contributed by atoms with Gasteiger partial charge >= 0.3 is 0 Å². The normalized spacial score (nSPS) is 33.8. The number of likely N-dealkylation sites (N-methyl/N-ethyl adjacent to an activating group) is 1. The van der Waals surface area contributed by atoms with Crippen molar-refractivity contribution in [2.75, 3.05) is 39.8 Å². The summed E-state index contributed by atoms with van der Waals surface area (Å²) < 4.78 is 0. The van der Waals surface area contributed by atoms with Gasteiger partial charge in [0.1, 0.15) is 0 Å². The SMILES string of the molecule is CNC(C)CN1[C@H](C)CC(N2CCN(C(C)(C)C)CC2)C[C@@H]1C. The molecule has 2 rings (SSSR count). The van der Waals surface area contributed by atoms with Gasteiger partial charge in [-0.1, -0.05) is 0 Å². The van der Waals surface area contributed by atoms with Gasteiger partial charge in [-0.25, -0.2) is 0 Å². The van der Waals surface area contributed by atoms with Gasteiger partial charge in [-0.05, 0) is 61.4 Å². The number of piperidine rings is 1. The van der Waals surface area contributed by atoms with Crippen LogP contribution in [-0.4, -0.2) is 84.2 Å². The van der Waals surface area contributed by atoms with Crippen LogP contribution in [0.3, 0.4) is 0 Å². The Kier molecular flexibility index (Phi) is 6.51. The summed E-state index contributed by atoms with van der Waals surface area (Å²) in [7, 11) is 2.07. The number of nitrogens with zero attached hydrogens (tertiary/aromatic N) is 3. The maximum absolute atomic E-state index is 3.39. The van der Waals surface area contributed by atoms with Crippen LogP contribution in [0.25, 0.3) is 0 Å². The third-order valence-electron chi connectivity index (χ3n) is 6.12. The van der Waals surface area contributed by atoms with Crippen molar-refractivity contribution in [1.29, 1.82) is 0 Å². The van der Waals surface area contributed by atoms with Crippen LogP contribution in [-0.2, 0) is 0 Å². The van der Waals surface area contributed by atoms with Crippen LogP contribution < -0.4 is 5.32 Å². The Morgan fingerprint density at radius 3 is 1.96 bits per heavy atom. The lowest BCUT2D eigenvalue weighted by Crippen LogP contribution is -2.60. The van der Waals surface area contributed by atoms with E-state index in [0.29, 0.717) is 23.7 Å². The molecule has 0 aromatic carbocycles. The molecule has 4 heteroatoms. The van der Waals surface area contributed by atoms with E-state index in [4.69, 9.17) is 0 Å². The quantitative estimate of drug-likeness (QED) is 0.856. The van der Waals surface area contributed by atoms with Crippen molar-refractivity contribution in [3.05, 3.63) is 0 Å². The summed E-state index contributed by atoms with van der Waals surface area (Å²) in [5.41, 5.74) is 0.319. The van der Waals surface area contributed by atoms with E-state index in [9.17, 15) is 0 Å². The van der Waals surface area contributed by atoms with Gasteiger partial charge in [0.15, 0.2) is 0 Å². The fraction of sp³-hybridized carbons (Fsp3) is 1.00.